The summed E-state index contributed by atoms with van der Waals surface area (Å²) in [5.41, 5.74) is 0. The van der Waals surface area contributed by atoms with Gasteiger partial charge in [-0.05, 0) is 28.1 Å². The molecule has 0 aliphatic carbocycles. The molecule has 0 bridgehead atoms. The fraction of sp³-hybridized carbons (Fsp3) is 0.556. The Balaban J connectivity index is 2.51. The normalized spacial score (nSPS) is 13.5. The Labute approximate surface area is 95.8 Å². The summed E-state index contributed by atoms with van der Waals surface area (Å²) in [6.07, 6.45) is -0.644. The summed E-state index contributed by atoms with van der Waals surface area (Å²) in [6.45, 7) is 0. The largest absolute Gasteiger partial charge is 0.387 e. The zero-order chi connectivity index (χ0) is 10.6. The van der Waals surface area contributed by atoms with E-state index in [-0.39, 0.29) is 0 Å². The summed E-state index contributed by atoms with van der Waals surface area (Å²) < 4.78 is 11.0. The van der Waals surface area contributed by atoms with Crippen LogP contribution >= 0.6 is 27.3 Å². The molecule has 0 aliphatic heterocycles. The Bertz CT molecular complexity index is 273. The molecule has 1 heterocycles. The van der Waals surface area contributed by atoms with Gasteiger partial charge in [0.2, 0.25) is 0 Å². The first-order valence-corrected chi connectivity index (χ1v) is 5.76. The Hall–Kier alpha value is 0.0600. The van der Waals surface area contributed by atoms with Crippen molar-refractivity contribution >= 4 is 27.3 Å². The highest BCUT2D eigenvalue weighted by molar-refractivity contribution is 9.11. The van der Waals surface area contributed by atoms with Gasteiger partial charge in [0.1, 0.15) is 6.10 Å². The van der Waals surface area contributed by atoms with Crippen LogP contribution in [0.25, 0.3) is 0 Å². The van der Waals surface area contributed by atoms with E-state index in [1.54, 1.807) is 11.3 Å². The van der Waals surface area contributed by atoms with Crippen LogP contribution in [0.3, 0.4) is 0 Å². The van der Waals surface area contributed by atoms with Crippen molar-refractivity contribution in [2.24, 2.45) is 0 Å². The summed E-state index contributed by atoms with van der Waals surface area (Å²) in [5, 5.41) is 9.71. The standard InChI is InChI=1S/C9H13BrO3S/c1-12-9(13-2)7(11)5-6-3-4-8(10)14-6/h3-4,7,9,11H,5H2,1-2H3. The highest BCUT2D eigenvalue weighted by Crippen LogP contribution is 2.23. The Morgan fingerprint density at radius 3 is 2.50 bits per heavy atom. The minimum absolute atomic E-state index is 0.544. The van der Waals surface area contributed by atoms with Crippen molar-refractivity contribution in [3.8, 4) is 0 Å². The van der Waals surface area contributed by atoms with E-state index in [4.69, 9.17) is 9.47 Å². The number of methoxy groups -OCH3 is 2. The minimum atomic E-state index is -0.629. The van der Waals surface area contributed by atoms with E-state index in [1.807, 2.05) is 12.1 Å². The molecule has 0 aromatic carbocycles. The van der Waals surface area contributed by atoms with Gasteiger partial charge < -0.3 is 14.6 Å². The van der Waals surface area contributed by atoms with E-state index in [0.29, 0.717) is 6.42 Å². The van der Waals surface area contributed by atoms with Gasteiger partial charge in [0.25, 0.3) is 0 Å². The van der Waals surface area contributed by atoms with Crippen LogP contribution in [-0.2, 0) is 15.9 Å². The lowest BCUT2D eigenvalue weighted by Crippen LogP contribution is -2.31. The van der Waals surface area contributed by atoms with E-state index < -0.39 is 12.4 Å². The minimum Gasteiger partial charge on any atom is -0.387 e. The van der Waals surface area contributed by atoms with Crippen LogP contribution in [-0.4, -0.2) is 31.7 Å². The zero-order valence-electron chi connectivity index (χ0n) is 8.07. The fourth-order valence-electron chi connectivity index (χ4n) is 1.17. The first kappa shape index (κ1) is 12.1. The summed E-state index contributed by atoms with van der Waals surface area (Å²) in [6, 6.07) is 3.93. The Morgan fingerprint density at radius 2 is 2.07 bits per heavy atom. The van der Waals surface area contributed by atoms with Gasteiger partial charge in [-0.15, -0.1) is 11.3 Å². The lowest BCUT2D eigenvalue weighted by molar-refractivity contribution is -0.163. The molecule has 80 valence electrons. The second kappa shape index (κ2) is 5.82. The summed E-state index contributed by atoms with van der Waals surface area (Å²) in [7, 11) is 3.03. The van der Waals surface area contributed by atoms with Crippen molar-refractivity contribution < 1.29 is 14.6 Å². The van der Waals surface area contributed by atoms with E-state index >= 15 is 0 Å². The number of aliphatic hydroxyl groups is 1. The van der Waals surface area contributed by atoms with Crippen molar-refractivity contribution in [1.82, 2.24) is 0 Å². The zero-order valence-corrected chi connectivity index (χ0v) is 10.5. The number of thiophene rings is 1. The third-order valence-electron chi connectivity index (χ3n) is 1.82. The molecular weight excluding hydrogens is 268 g/mol. The molecule has 0 saturated carbocycles. The van der Waals surface area contributed by atoms with E-state index in [9.17, 15) is 5.11 Å². The predicted molar refractivity (Wildman–Crippen MR) is 59.5 cm³/mol. The van der Waals surface area contributed by atoms with Crippen molar-refractivity contribution in [3.63, 3.8) is 0 Å². The Morgan fingerprint density at radius 1 is 1.43 bits per heavy atom. The molecule has 1 N–H and O–H groups in total. The summed E-state index contributed by atoms with van der Waals surface area (Å²) >= 11 is 4.97. The van der Waals surface area contributed by atoms with Gasteiger partial charge in [-0.3, -0.25) is 0 Å². The molecule has 0 fully saturated rings. The van der Waals surface area contributed by atoms with Crippen LogP contribution in [0.4, 0.5) is 0 Å². The number of hydrogen-bond acceptors (Lipinski definition) is 4. The maximum atomic E-state index is 9.71. The molecule has 0 saturated heterocycles. The van der Waals surface area contributed by atoms with E-state index in [1.165, 1.54) is 14.2 Å². The lowest BCUT2D eigenvalue weighted by atomic mass is 10.2. The molecule has 0 spiro atoms. The number of ether oxygens (including phenoxy) is 2. The Kier molecular flexibility index (Phi) is 5.05. The van der Waals surface area contributed by atoms with Gasteiger partial charge >= 0.3 is 0 Å². The summed E-state index contributed by atoms with van der Waals surface area (Å²) in [5.74, 6) is 0. The average molecular weight is 281 g/mol. The topological polar surface area (TPSA) is 38.7 Å². The molecular formula is C9H13BrO3S. The lowest BCUT2D eigenvalue weighted by Gasteiger charge is -2.19. The third-order valence-corrected chi connectivity index (χ3v) is 3.46. The average Bonchev–Trinajstić information content (AvgIpc) is 2.53. The van der Waals surface area contributed by atoms with Gasteiger partial charge in [-0.25, -0.2) is 0 Å². The molecule has 0 amide bonds. The van der Waals surface area contributed by atoms with Crippen LogP contribution in [0.2, 0.25) is 0 Å². The number of aliphatic hydroxyl groups excluding tert-OH is 1. The molecule has 0 aliphatic rings. The van der Waals surface area contributed by atoms with Crippen LogP contribution in [0, 0.1) is 0 Å². The number of hydrogen-bond donors (Lipinski definition) is 1. The van der Waals surface area contributed by atoms with Gasteiger partial charge in [0, 0.05) is 25.5 Å². The number of halogens is 1. The van der Waals surface area contributed by atoms with Gasteiger partial charge in [-0.2, -0.15) is 0 Å². The molecule has 1 aromatic heterocycles. The van der Waals surface area contributed by atoms with Crippen molar-refractivity contribution in [2.75, 3.05) is 14.2 Å². The smallest absolute Gasteiger partial charge is 0.183 e. The molecule has 1 atom stereocenters. The van der Waals surface area contributed by atoms with Gasteiger partial charge in [-0.1, -0.05) is 0 Å². The van der Waals surface area contributed by atoms with E-state index in [0.717, 1.165) is 8.66 Å². The molecule has 5 heteroatoms. The fourth-order valence-corrected chi connectivity index (χ4v) is 2.71. The molecule has 1 aromatic rings. The third kappa shape index (κ3) is 3.33. The first-order valence-electron chi connectivity index (χ1n) is 4.15. The van der Waals surface area contributed by atoms with Gasteiger partial charge in [0.15, 0.2) is 6.29 Å². The predicted octanol–water partition coefficient (Wildman–Crippen LogP) is 2.03. The van der Waals surface area contributed by atoms with Crippen molar-refractivity contribution in [3.05, 3.63) is 20.8 Å². The number of rotatable bonds is 5. The van der Waals surface area contributed by atoms with E-state index in [2.05, 4.69) is 15.9 Å². The molecule has 1 rings (SSSR count). The molecule has 1 unspecified atom stereocenters. The van der Waals surface area contributed by atoms with Gasteiger partial charge in [0.05, 0.1) is 3.79 Å². The quantitative estimate of drug-likeness (QED) is 0.839. The summed E-state index contributed by atoms with van der Waals surface area (Å²) in [4.78, 5) is 1.10. The highest BCUT2D eigenvalue weighted by Gasteiger charge is 2.18. The van der Waals surface area contributed by atoms with Crippen molar-refractivity contribution in [1.29, 1.82) is 0 Å². The molecule has 3 nitrogen and oxygen atoms in total. The SMILES string of the molecule is COC(OC)C(O)Cc1ccc(Br)s1. The second-order valence-corrected chi connectivity index (χ2v) is 5.36. The van der Waals surface area contributed by atoms with Crippen LogP contribution in [0.5, 0.6) is 0 Å². The highest BCUT2D eigenvalue weighted by atomic mass is 79.9. The monoisotopic (exact) mass is 280 g/mol. The maximum absolute atomic E-state index is 9.71. The molecule has 14 heavy (non-hydrogen) atoms. The van der Waals surface area contributed by atoms with Crippen LogP contribution in [0.15, 0.2) is 15.9 Å². The molecule has 0 radical (unpaired) electrons. The van der Waals surface area contributed by atoms with Crippen LogP contribution < -0.4 is 0 Å². The second-order valence-electron chi connectivity index (χ2n) is 2.82. The van der Waals surface area contributed by atoms with Crippen LogP contribution in [0.1, 0.15) is 4.88 Å². The van der Waals surface area contributed by atoms with Crippen molar-refractivity contribution in [2.45, 2.75) is 18.8 Å². The maximum Gasteiger partial charge on any atom is 0.183 e. The first-order chi connectivity index (χ1) is 6.67.